The molecule has 0 unspecified atom stereocenters. The van der Waals surface area contributed by atoms with Gasteiger partial charge in [0.05, 0.1) is 40.8 Å². The van der Waals surface area contributed by atoms with E-state index in [1.165, 1.54) is 39.5 Å². The highest BCUT2D eigenvalue weighted by Crippen LogP contribution is 2.46. The molecule has 0 bridgehead atoms. The lowest BCUT2D eigenvalue weighted by Gasteiger charge is -2.42. The maximum absolute atomic E-state index is 11.5. The third-order valence-corrected chi connectivity index (χ3v) is 12.9. The van der Waals surface area contributed by atoms with E-state index in [4.69, 9.17) is 9.47 Å². The van der Waals surface area contributed by atoms with Crippen LogP contribution in [0.15, 0.2) is 6.20 Å². The summed E-state index contributed by atoms with van der Waals surface area (Å²) in [5.41, 5.74) is 0.832. The van der Waals surface area contributed by atoms with Crippen molar-refractivity contribution in [2.45, 2.75) is 96.6 Å². The van der Waals surface area contributed by atoms with Crippen LogP contribution in [0.5, 0.6) is 0 Å². The molecule has 0 N–H and O–H groups in total. The van der Waals surface area contributed by atoms with Crippen molar-refractivity contribution < 1.29 is 19.1 Å². The maximum Gasteiger partial charge on any atom is 0.306 e. The third kappa shape index (κ3) is 9.01. The fourth-order valence-corrected chi connectivity index (χ4v) is 7.72. The minimum atomic E-state index is -1.28. The van der Waals surface area contributed by atoms with Gasteiger partial charge in [0, 0.05) is 32.4 Å². The minimum absolute atomic E-state index is 0.264. The molecular weight excluding hydrogens is 424 g/mol. The van der Waals surface area contributed by atoms with Crippen molar-refractivity contribution in [2.75, 3.05) is 27.3 Å². The first-order valence-corrected chi connectivity index (χ1v) is 15.1. The van der Waals surface area contributed by atoms with Gasteiger partial charge in [0.25, 0.3) is 0 Å². The minimum Gasteiger partial charge on any atom is -0.469 e. The second-order valence-electron chi connectivity index (χ2n) is 9.51. The Morgan fingerprint density at radius 3 is 2.12 bits per heavy atom. The topological polar surface area (TPSA) is 86.5 Å². The molecule has 0 radical (unpaired) electrons. The lowest BCUT2D eigenvalue weighted by Crippen LogP contribution is -2.40. The summed E-state index contributed by atoms with van der Waals surface area (Å²) < 4.78 is 11.4. The fraction of sp³-hybridized carbons (Fsp3) is 0.826. The summed E-state index contributed by atoms with van der Waals surface area (Å²) in [6.07, 6.45) is 7.33. The Morgan fingerprint density at radius 1 is 1.06 bits per heavy atom. The molecule has 0 saturated carbocycles. The number of esters is 2. The van der Waals surface area contributed by atoms with Crippen LogP contribution < -0.4 is 0 Å². The molecule has 0 aliphatic carbocycles. The number of hydrogen-bond acceptors (Lipinski definition) is 7. The van der Waals surface area contributed by atoms with Gasteiger partial charge in [-0.15, -0.1) is 5.10 Å². The van der Waals surface area contributed by atoms with Crippen LogP contribution in [0.2, 0.25) is 24.2 Å². The van der Waals surface area contributed by atoms with E-state index in [9.17, 15) is 9.59 Å². The molecule has 0 amide bonds. The van der Waals surface area contributed by atoms with Gasteiger partial charge in [0.1, 0.15) is 0 Å². The molecule has 1 aromatic rings. The van der Waals surface area contributed by atoms with Gasteiger partial charge in [-0.25, -0.2) is 0 Å². The molecule has 0 atom stereocenters. The molecule has 0 aliphatic heterocycles. The zero-order valence-corrected chi connectivity index (χ0v) is 22.3. The van der Waals surface area contributed by atoms with E-state index in [1.54, 1.807) is 0 Å². The van der Waals surface area contributed by atoms with Crippen LogP contribution in [0.1, 0.15) is 65.0 Å². The maximum atomic E-state index is 11.5. The van der Waals surface area contributed by atoms with E-state index in [0.717, 1.165) is 18.7 Å². The zero-order chi connectivity index (χ0) is 24.2. The van der Waals surface area contributed by atoms with Crippen molar-refractivity contribution in [2.24, 2.45) is 0 Å². The van der Waals surface area contributed by atoms with Crippen LogP contribution in [0.25, 0.3) is 0 Å². The number of aryl methyl sites for hydroxylation is 1. The largest absolute Gasteiger partial charge is 0.469 e. The third-order valence-electron chi connectivity index (χ3n) is 7.32. The number of nitrogens with zero attached hydrogens (tertiary/aromatic N) is 4. The number of carbonyl (C=O) groups excluding carboxylic acids is 2. The molecule has 0 aromatic carbocycles. The van der Waals surface area contributed by atoms with Crippen molar-refractivity contribution in [1.29, 1.82) is 0 Å². The predicted molar refractivity (Wildman–Crippen MR) is 129 cm³/mol. The van der Waals surface area contributed by atoms with Gasteiger partial charge in [0.2, 0.25) is 0 Å². The second kappa shape index (κ2) is 13.7. The van der Waals surface area contributed by atoms with E-state index in [-0.39, 0.29) is 24.8 Å². The number of carbonyl (C=O) groups is 2. The Balaban J connectivity index is 2.57. The highest BCUT2D eigenvalue weighted by molar-refractivity contribution is 6.80. The SMILES string of the molecule is CCC(C)(CC)[Si](C)(C)CCCCn1cc(CN(CCC(=O)OC)CCC(=O)OC)nn1. The molecule has 9 heteroatoms. The summed E-state index contributed by atoms with van der Waals surface area (Å²) in [6.45, 7) is 14.6. The summed E-state index contributed by atoms with van der Waals surface area (Å²) in [6, 6.07) is 1.33. The van der Waals surface area contributed by atoms with Gasteiger partial charge in [0.15, 0.2) is 0 Å². The average molecular weight is 469 g/mol. The molecular formula is C23H44N4O4Si. The van der Waals surface area contributed by atoms with Crippen molar-refractivity contribution >= 4 is 20.0 Å². The zero-order valence-electron chi connectivity index (χ0n) is 21.3. The Kier molecular flexibility index (Phi) is 12.1. The fourth-order valence-electron chi connectivity index (χ4n) is 4.07. The van der Waals surface area contributed by atoms with Crippen molar-refractivity contribution in [3.8, 4) is 0 Å². The van der Waals surface area contributed by atoms with Crippen LogP contribution in [-0.4, -0.2) is 67.2 Å². The van der Waals surface area contributed by atoms with E-state index in [2.05, 4.69) is 44.2 Å². The summed E-state index contributed by atoms with van der Waals surface area (Å²) in [5.74, 6) is -0.545. The number of rotatable bonds is 16. The van der Waals surface area contributed by atoms with Crippen LogP contribution in [0.3, 0.4) is 0 Å². The smallest absolute Gasteiger partial charge is 0.306 e. The molecule has 32 heavy (non-hydrogen) atoms. The Labute approximate surface area is 195 Å². The molecule has 1 heterocycles. The molecule has 8 nitrogen and oxygen atoms in total. The highest BCUT2D eigenvalue weighted by atomic mass is 28.3. The molecule has 1 rings (SSSR count). The summed E-state index contributed by atoms with van der Waals surface area (Å²) >= 11 is 0. The van der Waals surface area contributed by atoms with Crippen molar-refractivity contribution in [3.63, 3.8) is 0 Å². The normalized spacial score (nSPS) is 12.2. The van der Waals surface area contributed by atoms with E-state index >= 15 is 0 Å². The number of aromatic nitrogens is 3. The average Bonchev–Trinajstić information content (AvgIpc) is 3.24. The number of hydrogen-bond donors (Lipinski definition) is 0. The Hall–Kier alpha value is -1.74. The van der Waals surface area contributed by atoms with Gasteiger partial charge in [-0.2, -0.15) is 0 Å². The van der Waals surface area contributed by atoms with Gasteiger partial charge in [-0.1, -0.05) is 64.4 Å². The van der Waals surface area contributed by atoms with Gasteiger partial charge >= 0.3 is 11.9 Å². The molecule has 0 saturated heterocycles. The molecule has 0 fully saturated rings. The van der Waals surface area contributed by atoms with Gasteiger partial charge < -0.3 is 9.47 Å². The van der Waals surface area contributed by atoms with Crippen LogP contribution in [-0.2, 0) is 32.2 Å². The van der Waals surface area contributed by atoms with Crippen molar-refractivity contribution in [3.05, 3.63) is 11.9 Å². The lowest BCUT2D eigenvalue weighted by molar-refractivity contribution is -0.141. The first-order valence-electron chi connectivity index (χ1n) is 11.9. The quantitative estimate of drug-likeness (QED) is 0.203. The van der Waals surface area contributed by atoms with Crippen molar-refractivity contribution in [1.82, 2.24) is 19.9 Å². The lowest BCUT2D eigenvalue weighted by atomic mass is 10.1. The molecule has 1 aromatic heterocycles. The predicted octanol–water partition coefficient (Wildman–Crippen LogP) is 4.28. The first kappa shape index (κ1) is 28.3. The standard InChI is InChI=1S/C23H44N4O4Si/c1-8-23(3,9-2)32(6,7)17-11-10-14-27-19-20(24-25-27)18-26(15-12-21(28)30-4)16-13-22(29)31-5/h19H,8-18H2,1-7H3. The highest BCUT2D eigenvalue weighted by Gasteiger charge is 2.39. The summed E-state index contributed by atoms with van der Waals surface area (Å²) in [5, 5.41) is 9.07. The molecule has 0 spiro atoms. The van der Waals surface area contributed by atoms with E-state index < -0.39 is 8.07 Å². The van der Waals surface area contributed by atoms with Gasteiger partial charge in [-0.05, 0) is 11.5 Å². The second-order valence-corrected chi connectivity index (χ2v) is 15.0. The van der Waals surface area contributed by atoms with Crippen LogP contribution >= 0.6 is 0 Å². The van der Waals surface area contributed by atoms with E-state index in [1.807, 2.05) is 15.8 Å². The number of unbranched alkanes of at least 4 members (excludes halogenated alkanes) is 1. The number of methoxy groups -OCH3 is 2. The molecule has 184 valence electrons. The Morgan fingerprint density at radius 2 is 1.62 bits per heavy atom. The molecule has 0 aliphatic rings. The van der Waals surface area contributed by atoms with E-state index in [0.29, 0.717) is 24.7 Å². The summed E-state index contributed by atoms with van der Waals surface area (Å²) in [4.78, 5) is 25.0. The monoisotopic (exact) mass is 468 g/mol. The van der Waals surface area contributed by atoms with Gasteiger partial charge in [-0.3, -0.25) is 19.2 Å². The summed E-state index contributed by atoms with van der Waals surface area (Å²) in [7, 11) is 1.47. The van der Waals surface area contributed by atoms with Crippen LogP contribution in [0, 0.1) is 0 Å². The number of ether oxygens (including phenoxy) is 2. The van der Waals surface area contributed by atoms with Crippen LogP contribution in [0.4, 0.5) is 0 Å². The Bertz CT molecular complexity index is 684. The first-order chi connectivity index (χ1) is 15.1.